The Morgan fingerprint density at radius 2 is 1.80 bits per heavy atom. The monoisotopic (exact) mass is 275 g/mol. The number of ketones is 1. The molecule has 4 heteroatoms. The van der Waals surface area contributed by atoms with Crippen LogP contribution in [0.25, 0.3) is 0 Å². The topological polar surface area (TPSA) is 38.8 Å². The van der Waals surface area contributed by atoms with Crippen molar-refractivity contribution >= 4 is 5.78 Å². The first-order valence-corrected chi connectivity index (χ1v) is 7.48. The molecule has 0 unspecified atom stereocenters. The lowest BCUT2D eigenvalue weighted by Gasteiger charge is -2.14. The molecule has 0 amide bonds. The molecule has 2 aliphatic heterocycles. The van der Waals surface area contributed by atoms with Crippen molar-refractivity contribution in [3.63, 3.8) is 0 Å². The van der Waals surface area contributed by atoms with Crippen molar-refractivity contribution in [3.05, 3.63) is 23.8 Å². The summed E-state index contributed by atoms with van der Waals surface area (Å²) in [5.41, 5.74) is 0.730. The van der Waals surface area contributed by atoms with Gasteiger partial charge >= 0.3 is 0 Å². The molecule has 2 aliphatic rings. The number of likely N-dealkylation sites (tertiary alicyclic amines) is 1. The van der Waals surface area contributed by atoms with Gasteiger partial charge in [0.05, 0.1) is 13.2 Å². The highest BCUT2D eigenvalue weighted by Crippen LogP contribution is 2.30. The highest BCUT2D eigenvalue weighted by Gasteiger charge is 2.16. The highest BCUT2D eigenvalue weighted by atomic mass is 16.5. The Morgan fingerprint density at radius 3 is 2.60 bits per heavy atom. The van der Waals surface area contributed by atoms with E-state index in [1.54, 1.807) is 0 Å². The Kier molecular flexibility index (Phi) is 4.21. The van der Waals surface area contributed by atoms with Crippen molar-refractivity contribution < 1.29 is 14.3 Å². The van der Waals surface area contributed by atoms with Crippen LogP contribution in [-0.2, 0) is 0 Å². The molecule has 0 spiro atoms. The van der Waals surface area contributed by atoms with Gasteiger partial charge in [-0.2, -0.15) is 0 Å². The minimum absolute atomic E-state index is 0.188. The minimum atomic E-state index is 0.188. The molecule has 0 aromatic heterocycles. The van der Waals surface area contributed by atoms with Crippen LogP contribution in [0, 0.1) is 0 Å². The fourth-order valence-corrected chi connectivity index (χ4v) is 2.75. The fraction of sp³-hybridized carbons (Fsp3) is 0.562. The van der Waals surface area contributed by atoms with Crippen LogP contribution in [0.5, 0.6) is 11.5 Å². The molecule has 0 bridgehead atoms. The number of hydrogen-bond donors (Lipinski definition) is 0. The molecular formula is C16H21NO3. The third-order valence-corrected chi connectivity index (χ3v) is 3.92. The van der Waals surface area contributed by atoms with Crippen molar-refractivity contribution in [1.82, 2.24) is 4.90 Å². The van der Waals surface area contributed by atoms with E-state index in [9.17, 15) is 4.79 Å². The molecule has 1 aromatic rings. The predicted molar refractivity (Wildman–Crippen MR) is 76.7 cm³/mol. The molecule has 1 fully saturated rings. The molecule has 1 saturated heterocycles. The highest BCUT2D eigenvalue weighted by molar-refractivity contribution is 5.96. The Balaban J connectivity index is 1.63. The Labute approximate surface area is 119 Å². The van der Waals surface area contributed by atoms with E-state index < -0.39 is 0 Å². The summed E-state index contributed by atoms with van der Waals surface area (Å²) in [6, 6.07) is 5.52. The molecular weight excluding hydrogens is 254 g/mol. The number of carbonyl (C=O) groups excluding carboxylic acids is 1. The first kappa shape index (κ1) is 13.4. The largest absolute Gasteiger partial charge is 0.490 e. The maximum absolute atomic E-state index is 12.3. The Bertz CT molecular complexity index is 481. The van der Waals surface area contributed by atoms with E-state index >= 15 is 0 Å². The van der Waals surface area contributed by atoms with Gasteiger partial charge in [-0.3, -0.25) is 4.79 Å². The van der Waals surface area contributed by atoms with E-state index in [2.05, 4.69) is 4.90 Å². The van der Waals surface area contributed by atoms with Gasteiger partial charge in [0.15, 0.2) is 17.3 Å². The van der Waals surface area contributed by atoms with Crippen molar-refractivity contribution in [2.24, 2.45) is 0 Å². The summed E-state index contributed by atoms with van der Waals surface area (Å²) in [7, 11) is 0. The third kappa shape index (κ3) is 3.12. The standard InChI is InChI=1S/C16H21NO3/c18-14(6-9-17-7-1-2-8-17)13-4-5-15-16(12-13)20-11-3-10-19-15/h4-5,12H,1-3,6-11H2. The van der Waals surface area contributed by atoms with Crippen molar-refractivity contribution in [1.29, 1.82) is 0 Å². The molecule has 20 heavy (non-hydrogen) atoms. The Hall–Kier alpha value is -1.55. The number of benzene rings is 1. The number of nitrogens with zero attached hydrogens (tertiary/aromatic N) is 1. The number of Topliss-reactive ketones (excluding diaryl/α,β-unsaturated/α-hetero) is 1. The smallest absolute Gasteiger partial charge is 0.164 e. The molecule has 0 N–H and O–H groups in total. The van der Waals surface area contributed by atoms with Gasteiger partial charge in [-0.05, 0) is 44.1 Å². The lowest BCUT2D eigenvalue weighted by Crippen LogP contribution is -2.22. The van der Waals surface area contributed by atoms with Crippen molar-refractivity contribution in [2.45, 2.75) is 25.7 Å². The number of rotatable bonds is 4. The van der Waals surface area contributed by atoms with Gasteiger partial charge in [0.1, 0.15) is 0 Å². The molecule has 0 saturated carbocycles. The fourth-order valence-electron chi connectivity index (χ4n) is 2.75. The van der Waals surface area contributed by atoms with Crippen LogP contribution in [0.4, 0.5) is 0 Å². The summed E-state index contributed by atoms with van der Waals surface area (Å²) in [5.74, 6) is 1.64. The SMILES string of the molecule is O=C(CCN1CCCC1)c1ccc2c(c1)OCCCO2. The zero-order valence-corrected chi connectivity index (χ0v) is 11.8. The summed E-state index contributed by atoms with van der Waals surface area (Å²) in [4.78, 5) is 14.6. The van der Waals surface area contributed by atoms with Gasteiger partial charge in [0, 0.05) is 24.9 Å². The molecule has 0 radical (unpaired) electrons. The van der Waals surface area contributed by atoms with Crippen LogP contribution in [0.1, 0.15) is 36.0 Å². The number of hydrogen-bond acceptors (Lipinski definition) is 4. The van der Waals surface area contributed by atoms with E-state index in [1.807, 2.05) is 18.2 Å². The first-order valence-electron chi connectivity index (χ1n) is 7.48. The molecule has 1 aromatic carbocycles. The van der Waals surface area contributed by atoms with Gasteiger partial charge in [0.2, 0.25) is 0 Å². The maximum atomic E-state index is 12.3. The summed E-state index contributed by atoms with van der Waals surface area (Å²) >= 11 is 0. The lowest BCUT2D eigenvalue weighted by atomic mass is 10.1. The van der Waals surface area contributed by atoms with E-state index in [1.165, 1.54) is 12.8 Å². The summed E-state index contributed by atoms with van der Waals surface area (Å²) in [6.07, 6.45) is 3.99. The third-order valence-electron chi connectivity index (χ3n) is 3.92. The molecule has 4 nitrogen and oxygen atoms in total. The number of fused-ring (bicyclic) bond motifs is 1. The molecule has 0 aliphatic carbocycles. The normalized spacial score (nSPS) is 18.8. The van der Waals surface area contributed by atoms with E-state index in [-0.39, 0.29) is 5.78 Å². The minimum Gasteiger partial charge on any atom is -0.490 e. The average molecular weight is 275 g/mol. The summed E-state index contributed by atoms with van der Waals surface area (Å²) in [6.45, 7) is 4.46. The van der Waals surface area contributed by atoms with E-state index in [0.29, 0.717) is 25.4 Å². The van der Waals surface area contributed by atoms with E-state index in [4.69, 9.17) is 9.47 Å². The number of ether oxygens (including phenoxy) is 2. The summed E-state index contributed by atoms with van der Waals surface area (Å²) in [5, 5.41) is 0. The molecule has 3 rings (SSSR count). The molecule has 108 valence electrons. The van der Waals surface area contributed by atoms with Crippen LogP contribution in [-0.4, -0.2) is 43.5 Å². The van der Waals surface area contributed by atoms with Crippen LogP contribution in [0.2, 0.25) is 0 Å². The quantitative estimate of drug-likeness (QED) is 0.792. The van der Waals surface area contributed by atoms with Gasteiger partial charge in [-0.15, -0.1) is 0 Å². The number of carbonyl (C=O) groups is 1. The van der Waals surface area contributed by atoms with E-state index in [0.717, 1.165) is 37.4 Å². The zero-order chi connectivity index (χ0) is 13.8. The zero-order valence-electron chi connectivity index (χ0n) is 11.8. The second-order valence-electron chi connectivity index (χ2n) is 5.43. The van der Waals surface area contributed by atoms with Crippen molar-refractivity contribution in [2.75, 3.05) is 32.8 Å². The van der Waals surface area contributed by atoms with Gasteiger partial charge < -0.3 is 14.4 Å². The van der Waals surface area contributed by atoms with Crippen LogP contribution >= 0.6 is 0 Å². The second kappa shape index (κ2) is 6.27. The average Bonchev–Trinajstić information content (AvgIpc) is 2.88. The molecule has 2 heterocycles. The maximum Gasteiger partial charge on any atom is 0.164 e. The van der Waals surface area contributed by atoms with Gasteiger partial charge in [-0.1, -0.05) is 0 Å². The van der Waals surface area contributed by atoms with Crippen LogP contribution in [0.3, 0.4) is 0 Å². The van der Waals surface area contributed by atoms with Crippen molar-refractivity contribution in [3.8, 4) is 11.5 Å². The lowest BCUT2D eigenvalue weighted by molar-refractivity contribution is 0.0968. The Morgan fingerprint density at radius 1 is 1.05 bits per heavy atom. The van der Waals surface area contributed by atoms with Crippen LogP contribution < -0.4 is 9.47 Å². The van der Waals surface area contributed by atoms with Gasteiger partial charge in [0.25, 0.3) is 0 Å². The second-order valence-corrected chi connectivity index (χ2v) is 5.43. The molecule has 0 atom stereocenters. The summed E-state index contributed by atoms with van der Waals surface area (Å²) < 4.78 is 11.2. The van der Waals surface area contributed by atoms with Gasteiger partial charge in [-0.25, -0.2) is 0 Å². The van der Waals surface area contributed by atoms with Crippen LogP contribution in [0.15, 0.2) is 18.2 Å². The first-order chi connectivity index (χ1) is 9.83. The predicted octanol–water partition coefficient (Wildman–Crippen LogP) is 2.52.